The van der Waals surface area contributed by atoms with Gasteiger partial charge in [-0.15, -0.1) is 9.13 Å². The zero-order chi connectivity index (χ0) is 48.4. The fourth-order valence-corrected chi connectivity index (χ4v) is 9.46. The largest absolute Gasteiger partial charge is 0.499 e. The number of hydrogen-bond acceptors (Lipinski definition) is 1. The van der Waals surface area contributed by atoms with Crippen LogP contribution >= 0.6 is 0 Å². The van der Waals surface area contributed by atoms with Gasteiger partial charge in [0.05, 0.1) is 13.8 Å². The number of imidazole rings is 1. The first kappa shape index (κ1) is 25.3. The molecule has 1 spiro atoms. The lowest BCUT2D eigenvalue weighted by molar-refractivity contribution is -0.997. The van der Waals surface area contributed by atoms with Crippen molar-refractivity contribution in [3.8, 4) is 78.6 Å². The Bertz CT molecular complexity index is 3730. The van der Waals surface area contributed by atoms with Crippen molar-refractivity contribution >= 4 is 11.0 Å². The zero-order valence-corrected chi connectivity index (χ0v) is 32.9. The summed E-state index contributed by atoms with van der Waals surface area (Å²) in [7, 11) is 0. The molecule has 1 unspecified atom stereocenters. The number of hydrogen-bond donors (Lipinski definition) is 0. The van der Waals surface area contributed by atoms with Crippen molar-refractivity contribution in [2.75, 3.05) is 0 Å². The molecule has 0 radical (unpaired) electrons. The Kier molecular flexibility index (Phi) is 5.16. The van der Waals surface area contributed by atoms with E-state index in [1.54, 1.807) is 4.57 Å². The van der Waals surface area contributed by atoms with Gasteiger partial charge in [-0.05, 0) is 107 Å². The second kappa shape index (κ2) is 12.0. The Balaban J connectivity index is 1.28. The molecule has 7 aromatic carbocycles. The molecule has 0 bridgehead atoms. The van der Waals surface area contributed by atoms with Crippen LogP contribution in [0.15, 0.2) is 170 Å². The van der Waals surface area contributed by atoms with Crippen LogP contribution in [0.3, 0.4) is 0 Å². The van der Waals surface area contributed by atoms with Crippen LogP contribution in [0.4, 0.5) is 0 Å². The van der Waals surface area contributed by atoms with E-state index in [1.165, 1.54) is 0 Å². The third-order valence-electron chi connectivity index (χ3n) is 12.2. The SMILES string of the molecule is [2H]c1c([2H])c(C([2H])([2H])[2H])c([2H])c([2H])c1-c1c([2H])c([2H])[n+]2c(c1[2H])-c1cc(C(C)(C)C)cc3c1C21Oc2ccccc2-c2n(-c4cc(-c5ccccc5)c(C)cc4-c4ccccc4)c4cccc-3c4[n+]21. The topological polar surface area (TPSA) is 21.9 Å². The zero-order valence-electron chi connectivity index (χ0n) is 42.9. The molecule has 1 atom stereocenters. The summed E-state index contributed by atoms with van der Waals surface area (Å²) in [4.78, 5) is 0. The highest BCUT2D eigenvalue weighted by atomic mass is 16.5. The average Bonchev–Trinajstić information content (AvgIpc) is 3.83. The first-order chi connectivity index (χ1) is 32.9. The smallest absolute Gasteiger partial charge is 0.392 e. The third-order valence-corrected chi connectivity index (χ3v) is 12.2. The molecule has 0 saturated heterocycles. The van der Waals surface area contributed by atoms with E-state index in [0.717, 1.165) is 72.6 Å². The number of rotatable bonds is 4. The van der Waals surface area contributed by atoms with Crippen LogP contribution in [0.2, 0.25) is 0 Å². The predicted octanol–water partition coefficient (Wildman–Crippen LogP) is 12.3. The fourth-order valence-electron chi connectivity index (χ4n) is 9.46. The molecule has 0 N–H and O–H groups in total. The van der Waals surface area contributed by atoms with Crippen molar-refractivity contribution in [2.24, 2.45) is 0 Å². The number of aryl methyl sites for hydroxylation is 1. The van der Waals surface area contributed by atoms with Gasteiger partial charge in [0.25, 0.3) is 0 Å². The summed E-state index contributed by atoms with van der Waals surface area (Å²) in [6.07, 6.45) is -0.406. The Morgan fingerprint density at radius 2 is 1.34 bits per heavy atom. The fraction of sp³-hybridized carbons (Fsp3) is 0.127. The van der Waals surface area contributed by atoms with Gasteiger partial charge in [0.2, 0.25) is 5.69 Å². The normalized spacial score (nSPS) is 18.0. The van der Waals surface area contributed by atoms with Crippen LogP contribution in [0.1, 0.15) is 56.7 Å². The standard InChI is InChI=1S/C55H43N3O/c1-34-23-25-36(26-24-34)39-27-28-56-48(30-39)46-32-40(54(3,4)5)31-45-41-20-14-21-47-52(41)58-53(42-19-12-13-22-50(42)59-55(56,58)51(45)46)57(47)49-33-43(37-15-8-6-9-16-37)35(2)29-44(49)38-17-10-7-11-18-38/h6-33H,1-5H3/q+2/i1D3,23D,24D,25D,26D,27D,28D,30D. The molecule has 12 rings (SSSR count). The van der Waals surface area contributed by atoms with Gasteiger partial charge < -0.3 is 4.74 Å². The van der Waals surface area contributed by atoms with Gasteiger partial charge in [-0.1, -0.05) is 129 Å². The maximum absolute atomic E-state index is 10.2. The minimum absolute atomic E-state index is 0.184. The molecular weight excluding hydrogens is 719 g/mol. The Morgan fingerprint density at radius 3 is 2.08 bits per heavy atom. The van der Waals surface area contributed by atoms with Crippen molar-refractivity contribution in [1.29, 1.82) is 0 Å². The van der Waals surface area contributed by atoms with Crippen LogP contribution in [-0.4, -0.2) is 4.57 Å². The average molecular weight is 772 g/mol. The van der Waals surface area contributed by atoms with Crippen LogP contribution in [0.5, 0.6) is 5.75 Å². The second-order valence-electron chi connectivity index (χ2n) is 16.7. The molecule has 4 nitrogen and oxygen atoms in total. The molecule has 59 heavy (non-hydrogen) atoms. The van der Waals surface area contributed by atoms with Gasteiger partial charge in [-0.2, -0.15) is 4.57 Å². The van der Waals surface area contributed by atoms with Crippen LogP contribution in [0, 0.1) is 13.8 Å². The first-order valence-electron chi connectivity index (χ1n) is 24.9. The van der Waals surface area contributed by atoms with Crippen molar-refractivity contribution in [2.45, 2.75) is 45.8 Å². The van der Waals surface area contributed by atoms with E-state index in [1.807, 2.05) is 66.7 Å². The van der Waals surface area contributed by atoms with Crippen LogP contribution in [0.25, 0.3) is 83.9 Å². The summed E-state index contributed by atoms with van der Waals surface area (Å²) in [5.74, 6) is -0.517. The van der Waals surface area contributed by atoms with Crippen molar-refractivity contribution in [3.63, 3.8) is 0 Å². The molecule has 0 saturated carbocycles. The molecule has 3 aliphatic rings. The van der Waals surface area contributed by atoms with E-state index in [4.69, 9.17) is 14.3 Å². The van der Waals surface area contributed by atoms with Gasteiger partial charge in [-0.3, -0.25) is 0 Å². The Morgan fingerprint density at radius 1 is 0.644 bits per heavy atom. The van der Waals surface area contributed by atoms with Crippen molar-refractivity contribution < 1.29 is 27.6 Å². The van der Waals surface area contributed by atoms with E-state index >= 15 is 0 Å². The quantitative estimate of drug-likeness (QED) is 0.163. The maximum atomic E-state index is 10.2. The molecule has 282 valence electrons. The lowest BCUT2D eigenvalue weighted by Crippen LogP contribution is -2.78. The number of aromatic nitrogens is 3. The first-order valence-corrected chi connectivity index (χ1v) is 19.9. The highest BCUT2D eigenvalue weighted by Gasteiger charge is 2.68. The summed E-state index contributed by atoms with van der Waals surface area (Å²) in [6.45, 7) is 5.47. The summed E-state index contributed by atoms with van der Waals surface area (Å²) >= 11 is 0. The molecule has 0 aliphatic carbocycles. The lowest BCUT2D eigenvalue weighted by Gasteiger charge is -2.33. The minimum atomic E-state index is -2.97. The molecule has 9 aromatic rings. The van der Waals surface area contributed by atoms with Gasteiger partial charge in [0.1, 0.15) is 23.9 Å². The summed E-state index contributed by atoms with van der Waals surface area (Å²) in [5, 5.41) is 0. The van der Waals surface area contributed by atoms with E-state index in [9.17, 15) is 4.11 Å². The molecule has 4 heteroatoms. The van der Waals surface area contributed by atoms with E-state index in [0.29, 0.717) is 16.9 Å². The summed E-state index contributed by atoms with van der Waals surface area (Å²) in [5.41, 5.74) is 10.6. The highest BCUT2D eigenvalue weighted by molar-refractivity contribution is 5.99. The second-order valence-corrected chi connectivity index (χ2v) is 16.7. The molecular formula is C55H43N3O+2. The number of para-hydroxylation sites is 2. The van der Waals surface area contributed by atoms with Gasteiger partial charge >= 0.3 is 11.7 Å². The van der Waals surface area contributed by atoms with E-state index < -0.39 is 65.6 Å². The Labute approximate surface area is 358 Å². The van der Waals surface area contributed by atoms with Gasteiger partial charge in [0, 0.05) is 32.9 Å². The maximum Gasteiger partial charge on any atom is 0.499 e. The van der Waals surface area contributed by atoms with Crippen molar-refractivity contribution in [1.82, 2.24) is 4.57 Å². The summed E-state index contributed by atoms with van der Waals surface area (Å²) < 4.78 is 104. The molecule has 2 aromatic heterocycles. The van der Waals surface area contributed by atoms with E-state index in [-0.39, 0.29) is 17.3 Å². The molecule has 0 fully saturated rings. The predicted molar refractivity (Wildman–Crippen MR) is 238 cm³/mol. The summed E-state index contributed by atoms with van der Waals surface area (Å²) in [6, 6.07) is 39.4. The molecule has 5 heterocycles. The highest BCUT2D eigenvalue weighted by Crippen LogP contribution is 2.54. The van der Waals surface area contributed by atoms with Crippen molar-refractivity contribution in [3.05, 3.63) is 192 Å². The van der Waals surface area contributed by atoms with Crippen LogP contribution in [-0.2, 0) is 11.3 Å². The number of benzene rings is 7. The van der Waals surface area contributed by atoms with E-state index in [2.05, 4.69) is 97.5 Å². The molecule has 3 aliphatic heterocycles. The number of fused-ring (bicyclic) bond motifs is 5. The Hall–Kier alpha value is -7.04. The molecule has 0 amide bonds. The number of pyridine rings is 1. The number of ether oxygens (including phenoxy) is 1. The van der Waals surface area contributed by atoms with Gasteiger partial charge in [-0.25, -0.2) is 0 Å². The van der Waals surface area contributed by atoms with Gasteiger partial charge in [0.15, 0.2) is 17.2 Å². The lowest BCUT2D eigenvalue weighted by atomic mass is 9.80. The van der Waals surface area contributed by atoms with Crippen LogP contribution < -0.4 is 13.9 Å². The monoisotopic (exact) mass is 771 g/mol. The number of nitrogens with zero attached hydrogens (tertiary/aromatic N) is 3. The third kappa shape index (κ3) is 4.66. The minimum Gasteiger partial charge on any atom is -0.392 e.